The Morgan fingerprint density at radius 2 is 1.80 bits per heavy atom. The van der Waals surface area contributed by atoms with E-state index in [1.807, 2.05) is 0 Å². The number of fused-ring (bicyclic) bond motifs is 1. The lowest BCUT2D eigenvalue weighted by Crippen LogP contribution is -2.24. The molecule has 0 heterocycles. The lowest BCUT2D eigenvalue weighted by molar-refractivity contribution is 0.337. The van der Waals surface area contributed by atoms with Gasteiger partial charge in [0.25, 0.3) is 0 Å². The van der Waals surface area contributed by atoms with E-state index in [-0.39, 0.29) is 5.41 Å². The summed E-state index contributed by atoms with van der Waals surface area (Å²) in [7, 11) is 0. The molecule has 1 N–H and O–H groups in total. The average Bonchev–Trinajstić information content (AvgIpc) is 2.63. The second-order valence-corrected chi connectivity index (χ2v) is 6.76. The van der Waals surface area contributed by atoms with Crippen molar-refractivity contribution in [1.29, 1.82) is 0 Å². The van der Waals surface area contributed by atoms with Gasteiger partial charge < -0.3 is 5.32 Å². The van der Waals surface area contributed by atoms with Crippen LogP contribution >= 0.6 is 0 Å². The van der Waals surface area contributed by atoms with E-state index < -0.39 is 0 Å². The summed E-state index contributed by atoms with van der Waals surface area (Å²) < 4.78 is 0. The fourth-order valence-corrected chi connectivity index (χ4v) is 3.39. The normalized spacial score (nSPS) is 19.7. The summed E-state index contributed by atoms with van der Waals surface area (Å²) in [6.07, 6.45) is 1.14. The minimum absolute atomic E-state index is 0.251. The van der Waals surface area contributed by atoms with Gasteiger partial charge in [0.15, 0.2) is 0 Å². The van der Waals surface area contributed by atoms with Gasteiger partial charge in [-0.3, -0.25) is 0 Å². The highest BCUT2D eigenvalue weighted by molar-refractivity contribution is 5.55. The molecule has 2 aromatic carbocycles. The number of hydrogen-bond acceptors (Lipinski definition) is 1. The third-order valence-corrected chi connectivity index (χ3v) is 4.48. The van der Waals surface area contributed by atoms with Crippen molar-refractivity contribution in [3.63, 3.8) is 0 Å². The summed E-state index contributed by atoms with van der Waals surface area (Å²) in [5.41, 5.74) is 7.09. The zero-order valence-corrected chi connectivity index (χ0v) is 12.8. The van der Waals surface area contributed by atoms with Crippen molar-refractivity contribution in [2.45, 2.75) is 40.2 Å². The predicted octanol–water partition coefficient (Wildman–Crippen LogP) is 5.04. The van der Waals surface area contributed by atoms with Crippen LogP contribution in [0.25, 0.3) is 0 Å². The van der Waals surface area contributed by atoms with E-state index in [4.69, 9.17) is 0 Å². The molecule has 2 aromatic rings. The Bertz CT molecular complexity index is 640. The maximum atomic E-state index is 3.78. The van der Waals surface area contributed by atoms with Gasteiger partial charge in [0.2, 0.25) is 0 Å². The fraction of sp³-hybridized carbons (Fsp3) is 0.368. The zero-order chi connectivity index (χ0) is 14.3. The van der Waals surface area contributed by atoms with Crippen molar-refractivity contribution >= 4 is 5.69 Å². The summed E-state index contributed by atoms with van der Waals surface area (Å²) in [6, 6.07) is 15.9. The van der Waals surface area contributed by atoms with Crippen molar-refractivity contribution in [2.75, 3.05) is 5.32 Å². The van der Waals surface area contributed by atoms with Crippen molar-refractivity contribution in [3.05, 3.63) is 64.7 Å². The van der Waals surface area contributed by atoms with Crippen LogP contribution in [-0.2, 0) is 6.42 Å². The molecule has 0 amide bonds. The van der Waals surface area contributed by atoms with E-state index in [2.05, 4.69) is 75.5 Å². The first-order valence-electron chi connectivity index (χ1n) is 7.39. The van der Waals surface area contributed by atoms with E-state index >= 15 is 0 Å². The minimum atomic E-state index is 0.251. The molecule has 0 spiro atoms. The molecule has 1 unspecified atom stereocenters. The molecule has 0 bridgehead atoms. The average molecular weight is 265 g/mol. The predicted molar refractivity (Wildman–Crippen MR) is 86.2 cm³/mol. The molecular weight excluding hydrogens is 242 g/mol. The lowest BCUT2D eigenvalue weighted by Gasteiger charge is -2.30. The van der Waals surface area contributed by atoms with E-state index in [0.717, 1.165) is 6.42 Å². The second-order valence-electron chi connectivity index (χ2n) is 6.76. The number of nitrogens with one attached hydrogen (secondary N) is 1. The van der Waals surface area contributed by atoms with E-state index in [1.165, 1.54) is 27.9 Å². The molecule has 0 radical (unpaired) electrons. The maximum absolute atomic E-state index is 3.78. The number of benzene rings is 2. The Kier molecular flexibility index (Phi) is 3.08. The van der Waals surface area contributed by atoms with Crippen LogP contribution in [0.1, 0.15) is 42.1 Å². The zero-order valence-electron chi connectivity index (χ0n) is 12.8. The largest absolute Gasteiger partial charge is 0.377 e. The minimum Gasteiger partial charge on any atom is -0.377 e. The fourth-order valence-electron chi connectivity index (χ4n) is 3.39. The summed E-state index contributed by atoms with van der Waals surface area (Å²) in [5.74, 6) is 0. The molecule has 1 nitrogen and oxygen atoms in total. The molecule has 104 valence electrons. The van der Waals surface area contributed by atoms with Crippen LogP contribution in [0.15, 0.2) is 42.5 Å². The van der Waals surface area contributed by atoms with E-state index in [1.54, 1.807) is 0 Å². The number of aryl methyl sites for hydroxylation is 2. The van der Waals surface area contributed by atoms with Gasteiger partial charge in [0, 0.05) is 5.69 Å². The monoisotopic (exact) mass is 265 g/mol. The Hall–Kier alpha value is -1.76. The second kappa shape index (κ2) is 4.66. The van der Waals surface area contributed by atoms with E-state index in [0.29, 0.717) is 6.04 Å². The smallest absolute Gasteiger partial charge is 0.0570 e. The highest BCUT2D eigenvalue weighted by Gasteiger charge is 2.38. The van der Waals surface area contributed by atoms with Crippen LogP contribution in [0.2, 0.25) is 0 Å². The highest BCUT2D eigenvalue weighted by atomic mass is 14.9. The van der Waals surface area contributed by atoms with Crippen LogP contribution in [-0.4, -0.2) is 0 Å². The first kappa shape index (κ1) is 13.2. The Labute approximate surface area is 122 Å². The molecular formula is C19H23N. The van der Waals surface area contributed by atoms with Crippen LogP contribution in [0, 0.1) is 19.3 Å². The van der Waals surface area contributed by atoms with Crippen LogP contribution in [0.3, 0.4) is 0 Å². The number of rotatable bonds is 2. The molecule has 0 saturated carbocycles. The Morgan fingerprint density at radius 3 is 2.55 bits per heavy atom. The molecule has 3 rings (SSSR count). The van der Waals surface area contributed by atoms with Crippen molar-refractivity contribution in [3.8, 4) is 0 Å². The lowest BCUT2D eigenvalue weighted by atomic mass is 9.85. The molecule has 20 heavy (non-hydrogen) atoms. The molecule has 0 aromatic heterocycles. The quantitative estimate of drug-likeness (QED) is 0.802. The van der Waals surface area contributed by atoms with Gasteiger partial charge in [-0.2, -0.15) is 0 Å². The number of anilines is 1. The Morgan fingerprint density at radius 1 is 1.05 bits per heavy atom. The molecule has 0 saturated heterocycles. The van der Waals surface area contributed by atoms with E-state index in [9.17, 15) is 0 Å². The third kappa shape index (κ3) is 2.22. The Balaban J connectivity index is 1.97. The molecule has 0 fully saturated rings. The summed E-state index contributed by atoms with van der Waals surface area (Å²) in [4.78, 5) is 0. The van der Waals surface area contributed by atoms with Gasteiger partial charge in [0.1, 0.15) is 0 Å². The van der Waals surface area contributed by atoms with Crippen LogP contribution < -0.4 is 5.32 Å². The van der Waals surface area contributed by atoms with Gasteiger partial charge in [-0.05, 0) is 48.4 Å². The van der Waals surface area contributed by atoms with Crippen molar-refractivity contribution in [2.24, 2.45) is 5.41 Å². The molecule has 1 heteroatoms. The van der Waals surface area contributed by atoms with Crippen molar-refractivity contribution < 1.29 is 0 Å². The SMILES string of the molecule is Cc1ccc(NC2c3ccccc3CC2(C)C)c(C)c1. The first-order chi connectivity index (χ1) is 9.47. The molecule has 1 aliphatic carbocycles. The molecule has 1 atom stereocenters. The van der Waals surface area contributed by atoms with Gasteiger partial charge in [-0.25, -0.2) is 0 Å². The third-order valence-electron chi connectivity index (χ3n) is 4.48. The van der Waals surface area contributed by atoms with Gasteiger partial charge in [0.05, 0.1) is 6.04 Å². The van der Waals surface area contributed by atoms with Gasteiger partial charge in [-0.15, -0.1) is 0 Å². The maximum Gasteiger partial charge on any atom is 0.0570 e. The van der Waals surface area contributed by atoms with Crippen LogP contribution in [0.5, 0.6) is 0 Å². The topological polar surface area (TPSA) is 12.0 Å². The van der Waals surface area contributed by atoms with Gasteiger partial charge >= 0.3 is 0 Å². The highest BCUT2D eigenvalue weighted by Crippen LogP contribution is 2.47. The first-order valence-corrected chi connectivity index (χ1v) is 7.39. The summed E-state index contributed by atoms with van der Waals surface area (Å²) >= 11 is 0. The van der Waals surface area contributed by atoms with Crippen LogP contribution in [0.4, 0.5) is 5.69 Å². The number of hydrogen-bond donors (Lipinski definition) is 1. The van der Waals surface area contributed by atoms with Gasteiger partial charge in [-0.1, -0.05) is 55.8 Å². The molecule has 0 aliphatic heterocycles. The van der Waals surface area contributed by atoms with Crippen molar-refractivity contribution in [1.82, 2.24) is 0 Å². The standard InChI is InChI=1S/C19H23N/c1-13-9-10-17(14(2)11-13)20-18-16-8-6-5-7-15(16)12-19(18,3)4/h5-11,18,20H,12H2,1-4H3. The summed E-state index contributed by atoms with van der Waals surface area (Å²) in [5, 5.41) is 3.78. The molecule has 1 aliphatic rings. The summed E-state index contributed by atoms with van der Waals surface area (Å²) in [6.45, 7) is 9.04.